The minimum atomic E-state index is -5.63. The van der Waals surface area contributed by atoms with Crippen LogP contribution in [0.3, 0.4) is 0 Å². The molecule has 2 rings (SSSR count). The van der Waals surface area contributed by atoms with Crippen LogP contribution in [0.1, 0.15) is 63.4 Å². The lowest BCUT2D eigenvalue weighted by Crippen LogP contribution is -2.56. The van der Waals surface area contributed by atoms with E-state index in [1.807, 2.05) is 0 Å². The summed E-state index contributed by atoms with van der Waals surface area (Å²) in [4.78, 5) is 0. The summed E-state index contributed by atoms with van der Waals surface area (Å²) in [5, 5.41) is 0. The Kier molecular flexibility index (Phi) is 10.1. The molecule has 3 nitrogen and oxygen atoms in total. The van der Waals surface area contributed by atoms with Gasteiger partial charge in [0.25, 0.3) is 5.60 Å². The number of unbranched alkanes of at least 4 members (excludes halogenated alkanes) is 5. The minimum absolute atomic E-state index is 0.118. The molecule has 0 aromatic heterocycles. The first kappa shape index (κ1) is 25.9. The zero-order valence-electron chi connectivity index (χ0n) is 17.4. The van der Waals surface area contributed by atoms with Gasteiger partial charge in [-0.25, -0.2) is 0 Å². The summed E-state index contributed by atoms with van der Waals surface area (Å²) in [5.74, 6) is 0. The maximum atomic E-state index is 13.6. The van der Waals surface area contributed by atoms with Crippen LogP contribution in [-0.2, 0) is 19.8 Å². The molecule has 1 fully saturated rings. The van der Waals surface area contributed by atoms with Gasteiger partial charge in [-0.05, 0) is 32.1 Å². The standard InChI is InChI=1S/C22H30F6O3/c23-21(24,25)20(22(26,27)28,18-12-6-5-7-13-18)31-17-10-4-2-1-3-9-15-29-19-14-8-11-16-30-19/h5-7,12-13,19H,1-4,8-11,14-17H2. The number of ether oxygens (including phenoxy) is 3. The van der Waals surface area contributed by atoms with Gasteiger partial charge in [0.1, 0.15) is 0 Å². The minimum Gasteiger partial charge on any atom is -0.354 e. The number of hydrogen-bond donors (Lipinski definition) is 0. The molecule has 9 heteroatoms. The Morgan fingerprint density at radius 3 is 1.90 bits per heavy atom. The highest BCUT2D eigenvalue weighted by Gasteiger charge is 2.73. The number of hydrogen-bond acceptors (Lipinski definition) is 3. The predicted molar refractivity (Wildman–Crippen MR) is 103 cm³/mol. The highest BCUT2D eigenvalue weighted by molar-refractivity contribution is 5.27. The molecule has 1 heterocycles. The van der Waals surface area contributed by atoms with Crippen LogP contribution >= 0.6 is 0 Å². The molecule has 0 N–H and O–H groups in total. The van der Waals surface area contributed by atoms with E-state index in [4.69, 9.17) is 9.47 Å². The van der Waals surface area contributed by atoms with Crippen molar-refractivity contribution in [3.63, 3.8) is 0 Å². The summed E-state index contributed by atoms with van der Waals surface area (Å²) in [6, 6.07) is 5.21. The van der Waals surface area contributed by atoms with Gasteiger partial charge in [0.2, 0.25) is 0 Å². The topological polar surface area (TPSA) is 27.7 Å². The van der Waals surface area contributed by atoms with Crippen LogP contribution in [0.5, 0.6) is 0 Å². The summed E-state index contributed by atoms with van der Waals surface area (Å²) in [5.41, 5.74) is -5.28. The Balaban J connectivity index is 1.71. The first-order valence-corrected chi connectivity index (χ1v) is 10.7. The number of halogens is 6. The molecule has 1 aromatic carbocycles. The fraction of sp³-hybridized carbons (Fsp3) is 0.727. The molecule has 0 radical (unpaired) electrons. The van der Waals surface area contributed by atoms with E-state index in [1.54, 1.807) is 0 Å². The van der Waals surface area contributed by atoms with Crippen molar-refractivity contribution >= 4 is 0 Å². The molecule has 1 atom stereocenters. The zero-order valence-corrected chi connectivity index (χ0v) is 17.4. The van der Waals surface area contributed by atoms with Crippen molar-refractivity contribution in [2.75, 3.05) is 19.8 Å². The molecular formula is C22H30F6O3. The summed E-state index contributed by atoms with van der Waals surface area (Å²) >= 11 is 0. The molecule has 178 valence electrons. The van der Waals surface area contributed by atoms with Gasteiger partial charge in [-0.1, -0.05) is 56.0 Å². The average molecular weight is 456 g/mol. The molecular weight excluding hydrogens is 426 g/mol. The van der Waals surface area contributed by atoms with E-state index in [9.17, 15) is 26.3 Å². The molecule has 1 saturated heterocycles. The fourth-order valence-corrected chi connectivity index (χ4v) is 3.60. The van der Waals surface area contributed by atoms with Crippen molar-refractivity contribution < 1.29 is 40.6 Å². The summed E-state index contributed by atoms with van der Waals surface area (Å²) in [6.07, 6.45) is -4.45. The van der Waals surface area contributed by atoms with Crippen LogP contribution in [0.2, 0.25) is 0 Å². The summed E-state index contributed by atoms with van der Waals surface area (Å²) < 4.78 is 97.1. The molecule has 0 amide bonds. The van der Waals surface area contributed by atoms with Crippen LogP contribution in [-0.4, -0.2) is 38.5 Å². The van der Waals surface area contributed by atoms with Crippen LogP contribution < -0.4 is 0 Å². The van der Waals surface area contributed by atoms with E-state index in [1.165, 1.54) is 6.07 Å². The van der Waals surface area contributed by atoms with Gasteiger partial charge in [-0.3, -0.25) is 0 Å². The van der Waals surface area contributed by atoms with Gasteiger partial charge in [-0.15, -0.1) is 0 Å². The van der Waals surface area contributed by atoms with Gasteiger partial charge < -0.3 is 14.2 Å². The van der Waals surface area contributed by atoms with Crippen molar-refractivity contribution in [3.8, 4) is 0 Å². The van der Waals surface area contributed by atoms with Gasteiger partial charge in [0.15, 0.2) is 6.29 Å². The third-order valence-electron chi connectivity index (χ3n) is 5.28. The molecule has 1 aliphatic rings. The first-order chi connectivity index (χ1) is 14.7. The van der Waals surface area contributed by atoms with Gasteiger partial charge in [0.05, 0.1) is 0 Å². The Bertz CT molecular complexity index is 598. The summed E-state index contributed by atoms with van der Waals surface area (Å²) in [6.45, 7) is 0.682. The Hall–Kier alpha value is -1.32. The van der Waals surface area contributed by atoms with E-state index in [2.05, 4.69) is 4.74 Å². The lowest BCUT2D eigenvalue weighted by atomic mass is 9.92. The number of rotatable bonds is 12. The van der Waals surface area contributed by atoms with Crippen LogP contribution in [0.25, 0.3) is 0 Å². The lowest BCUT2D eigenvalue weighted by molar-refractivity contribution is -0.389. The highest BCUT2D eigenvalue weighted by atomic mass is 19.4. The largest absolute Gasteiger partial charge is 0.430 e. The first-order valence-electron chi connectivity index (χ1n) is 10.7. The molecule has 31 heavy (non-hydrogen) atoms. The molecule has 1 aromatic rings. The molecule has 0 bridgehead atoms. The van der Waals surface area contributed by atoms with E-state index in [0.717, 1.165) is 69.4 Å². The van der Waals surface area contributed by atoms with E-state index in [-0.39, 0.29) is 12.7 Å². The maximum Gasteiger partial charge on any atom is 0.430 e. The molecule has 0 saturated carbocycles. The van der Waals surface area contributed by atoms with Crippen molar-refractivity contribution in [2.45, 2.75) is 82.0 Å². The third kappa shape index (κ3) is 7.36. The Labute approximate surface area is 179 Å². The van der Waals surface area contributed by atoms with E-state index in [0.29, 0.717) is 19.4 Å². The van der Waals surface area contributed by atoms with E-state index >= 15 is 0 Å². The third-order valence-corrected chi connectivity index (χ3v) is 5.28. The van der Waals surface area contributed by atoms with Gasteiger partial charge >= 0.3 is 12.4 Å². The Morgan fingerprint density at radius 2 is 1.35 bits per heavy atom. The zero-order chi connectivity index (χ0) is 22.8. The van der Waals surface area contributed by atoms with Crippen molar-refractivity contribution in [3.05, 3.63) is 35.9 Å². The van der Waals surface area contributed by atoms with Crippen LogP contribution in [0, 0.1) is 0 Å². The Morgan fingerprint density at radius 1 is 0.774 bits per heavy atom. The molecule has 1 unspecified atom stereocenters. The van der Waals surface area contributed by atoms with Crippen molar-refractivity contribution in [1.29, 1.82) is 0 Å². The molecule has 1 aliphatic heterocycles. The lowest BCUT2D eigenvalue weighted by Gasteiger charge is -2.37. The monoisotopic (exact) mass is 456 g/mol. The smallest absolute Gasteiger partial charge is 0.354 e. The fourth-order valence-electron chi connectivity index (χ4n) is 3.60. The average Bonchev–Trinajstić information content (AvgIpc) is 2.71. The summed E-state index contributed by atoms with van der Waals surface area (Å²) in [7, 11) is 0. The SMILES string of the molecule is FC(F)(F)C(OCCCCCCCCOC1CCCCO1)(c1ccccc1)C(F)(F)F. The van der Waals surface area contributed by atoms with Gasteiger partial charge in [0, 0.05) is 25.4 Å². The maximum absolute atomic E-state index is 13.6. The molecule has 0 spiro atoms. The van der Waals surface area contributed by atoms with E-state index < -0.39 is 30.1 Å². The second kappa shape index (κ2) is 12.1. The van der Waals surface area contributed by atoms with Gasteiger partial charge in [-0.2, -0.15) is 26.3 Å². The second-order valence-electron chi connectivity index (χ2n) is 7.68. The molecule has 0 aliphatic carbocycles. The predicted octanol–water partition coefficient (Wildman–Crippen LogP) is 6.91. The van der Waals surface area contributed by atoms with Crippen molar-refractivity contribution in [1.82, 2.24) is 0 Å². The number of benzene rings is 1. The van der Waals surface area contributed by atoms with Crippen molar-refractivity contribution in [2.24, 2.45) is 0 Å². The van der Waals surface area contributed by atoms with Crippen LogP contribution in [0.15, 0.2) is 30.3 Å². The number of alkyl halides is 6. The normalized spacial score (nSPS) is 18.3. The second-order valence-corrected chi connectivity index (χ2v) is 7.68. The van der Waals surface area contributed by atoms with Crippen LogP contribution in [0.4, 0.5) is 26.3 Å². The highest BCUT2D eigenvalue weighted by Crippen LogP contribution is 2.52. The quantitative estimate of drug-likeness (QED) is 0.253.